The number of nitrogens with two attached hydrogens (primary N) is 1. The van der Waals surface area contributed by atoms with Crippen LogP contribution in [0.5, 0.6) is 0 Å². The summed E-state index contributed by atoms with van der Waals surface area (Å²) in [4.78, 5) is 25.0. The second-order valence-electron chi connectivity index (χ2n) is 5.76. The van der Waals surface area contributed by atoms with Gasteiger partial charge in [0.2, 0.25) is 5.91 Å². The van der Waals surface area contributed by atoms with Crippen LogP contribution >= 0.6 is 0 Å². The molecule has 0 saturated carbocycles. The van der Waals surface area contributed by atoms with Gasteiger partial charge in [-0.1, -0.05) is 0 Å². The average molecular weight is 293 g/mol. The Balaban J connectivity index is 1.80. The third-order valence-corrected chi connectivity index (χ3v) is 3.75. The molecule has 0 unspecified atom stereocenters. The van der Waals surface area contributed by atoms with Crippen molar-refractivity contribution < 1.29 is 14.0 Å². The molecule has 2 heterocycles. The zero-order chi connectivity index (χ0) is 15.2. The Morgan fingerprint density at radius 2 is 2.38 bits per heavy atom. The van der Waals surface area contributed by atoms with E-state index in [1.807, 2.05) is 19.1 Å². The number of hydrogen-bond donors (Lipinski definition) is 2. The molecule has 0 bridgehead atoms. The first-order valence-electron chi connectivity index (χ1n) is 7.40. The number of nitrogens with zero attached hydrogens (tertiary/aromatic N) is 1. The van der Waals surface area contributed by atoms with Crippen molar-refractivity contribution in [3.05, 3.63) is 24.2 Å². The number of primary amides is 1. The van der Waals surface area contributed by atoms with Gasteiger partial charge in [-0.05, 0) is 37.8 Å². The lowest BCUT2D eigenvalue weighted by atomic mass is 9.95. The molecule has 1 fully saturated rings. The summed E-state index contributed by atoms with van der Waals surface area (Å²) in [7, 11) is 0. The molecule has 2 rings (SSSR count). The second kappa shape index (κ2) is 7.15. The summed E-state index contributed by atoms with van der Waals surface area (Å²) in [5.41, 5.74) is 5.23. The van der Waals surface area contributed by atoms with Crippen molar-refractivity contribution >= 4 is 11.9 Å². The molecular formula is C15H23N3O3. The molecular weight excluding hydrogens is 270 g/mol. The maximum Gasteiger partial charge on any atom is 0.317 e. The number of hydrogen-bond acceptors (Lipinski definition) is 3. The van der Waals surface area contributed by atoms with Crippen LogP contribution in [0.1, 0.15) is 31.9 Å². The van der Waals surface area contributed by atoms with E-state index in [-0.39, 0.29) is 23.9 Å². The standard InChI is InChI=1S/C15H23N3O3/c1-11(8-13-5-3-7-21-13)17-15(20)18-6-2-4-12(10-18)9-14(16)19/h3,5,7,11-12H,2,4,6,8-10H2,1H3,(H2,16,19)(H,17,20)/t11-,12+/m1/s1. The summed E-state index contributed by atoms with van der Waals surface area (Å²) in [5.74, 6) is 0.740. The van der Waals surface area contributed by atoms with Gasteiger partial charge < -0.3 is 20.4 Å². The summed E-state index contributed by atoms with van der Waals surface area (Å²) in [6.45, 7) is 3.28. The third kappa shape index (κ3) is 4.81. The summed E-state index contributed by atoms with van der Waals surface area (Å²) in [6.07, 6.45) is 4.51. The summed E-state index contributed by atoms with van der Waals surface area (Å²) in [5, 5.41) is 2.97. The molecule has 1 aliphatic rings. The Hall–Kier alpha value is -1.98. The van der Waals surface area contributed by atoms with Crippen LogP contribution in [0, 0.1) is 5.92 Å². The van der Waals surface area contributed by atoms with Crippen molar-refractivity contribution in [2.75, 3.05) is 13.1 Å². The molecule has 0 radical (unpaired) electrons. The minimum absolute atomic E-state index is 0.000155. The van der Waals surface area contributed by atoms with Crippen LogP contribution in [0.15, 0.2) is 22.8 Å². The summed E-state index contributed by atoms with van der Waals surface area (Å²) >= 11 is 0. The molecule has 0 aliphatic carbocycles. The highest BCUT2D eigenvalue weighted by molar-refractivity contribution is 5.75. The quantitative estimate of drug-likeness (QED) is 0.862. The Kier molecular flexibility index (Phi) is 5.25. The van der Waals surface area contributed by atoms with Crippen molar-refractivity contribution in [2.24, 2.45) is 11.7 Å². The predicted molar refractivity (Wildman–Crippen MR) is 78.5 cm³/mol. The van der Waals surface area contributed by atoms with Gasteiger partial charge in [-0.25, -0.2) is 4.79 Å². The normalized spacial score (nSPS) is 20.0. The van der Waals surface area contributed by atoms with Gasteiger partial charge >= 0.3 is 6.03 Å². The molecule has 3 amide bonds. The highest BCUT2D eigenvalue weighted by Crippen LogP contribution is 2.19. The van der Waals surface area contributed by atoms with Crippen LogP contribution in [0.3, 0.4) is 0 Å². The zero-order valence-electron chi connectivity index (χ0n) is 12.4. The maximum absolute atomic E-state index is 12.2. The van der Waals surface area contributed by atoms with Crippen LogP contribution in [-0.4, -0.2) is 36.0 Å². The SMILES string of the molecule is C[C@H](Cc1ccco1)NC(=O)N1CCC[C@@H](CC(N)=O)C1. The highest BCUT2D eigenvalue weighted by Gasteiger charge is 2.25. The lowest BCUT2D eigenvalue weighted by molar-refractivity contribution is -0.119. The van der Waals surface area contributed by atoms with Gasteiger partial charge in [-0.15, -0.1) is 0 Å². The number of amides is 3. The van der Waals surface area contributed by atoms with Crippen molar-refractivity contribution in [1.29, 1.82) is 0 Å². The van der Waals surface area contributed by atoms with E-state index in [9.17, 15) is 9.59 Å². The van der Waals surface area contributed by atoms with E-state index in [0.29, 0.717) is 19.4 Å². The van der Waals surface area contributed by atoms with Crippen LogP contribution < -0.4 is 11.1 Å². The topological polar surface area (TPSA) is 88.6 Å². The van der Waals surface area contributed by atoms with Gasteiger partial charge in [0.05, 0.1) is 6.26 Å². The number of carbonyl (C=O) groups is 2. The largest absolute Gasteiger partial charge is 0.469 e. The van der Waals surface area contributed by atoms with E-state index in [0.717, 1.165) is 25.1 Å². The minimum Gasteiger partial charge on any atom is -0.469 e. The Bertz CT molecular complexity index is 473. The summed E-state index contributed by atoms with van der Waals surface area (Å²) in [6, 6.07) is 3.65. The number of carbonyl (C=O) groups excluding carboxylic acids is 2. The van der Waals surface area contributed by atoms with Gasteiger partial charge in [-0.3, -0.25) is 4.79 Å². The number of urea groups is 1. The van der Waals surface area contributed by atoms with E-state index in [1.54, 1.807) is 11.2 Å². The third-order valence-electron chi connectivity index (χ3n) is 3.75. The highest BCUT2D eigenvalue weighted by atomic mass is 16.3. The molecule has 1 aromatic rings. The average Bonchev–Trinajstić information content (AvgIpc) is 2.90. The zero-order valence-corrected chi connectivity index (χ0v) is 12.4. The Morgan fingerprint density at radius 3 is 3.05 bits per heavy atom. The molecule has 3 N–H and O–H groups in total. The predicted octanol–water partition coefficient (Wildman–Crippen LogP) is 1.51. The van der Waals surface area contributed by atoms with E-state index in [2.05, 4.69) is 5.32 Å². The second-order valence-corrected chi connectivity index (χ2v) is 5.76. The van der Waals surface area contributed by atoms with Gasteiger partial charge in [-0.2, -0.15) is 0 Å². The van der Waals surface area contributed by atoms with E-state index in [1.165, 1.54) is 0 Å². The van der Waals surface area contributed by atoms with Crippen molar-refractivity contribution in [3.63, 3.8) is 0 Å². The fourth-order valence-corrected chi connectivity index (χ4v) is 2.78. The number of furan rings is 1. The molecule has 1 aliphatic heterocycles. The molecule has 0 aromatic carbocycles. The molecule has 6 heteroatoms. The van der Waals surface area contributed by atoms with Crippen LogP contribution in [0.25, 0.3) is 0 Å². The summed E-state index contributed by atoms with van der Waals surface area (Å²) < 4.78 is 5.28. The maximum atomic E-state index is 12.2. The van der Waals surface area contributed by atoms with Crippen molar-refractivity contribution in [3.8, 4) is 0 Å². The monoisotopic (exact) mass is 293 g/mol. The van der Waals surface area contributed by atoms with Crippen LogP contribution in [0.2, 0.25) is 0 Å². The van der Waals surface area contributed by atoms with E-state index in [4.69, 9.17) is 10.2 Å². The van der Waals surface area contributed by atoms with Crippen LogP contribution in [0.4, 0.5) is 4.79 Å². The van der Waals surface area contributed by atoms with Gasteiger partial charge in [0.1, 0.15) is 5.76 Å². The lowest BCUT2D eigenvalue weighted by Crippen LogP contribution is -2.48. The molecule has 116 valence electrons. The first-order valence-corrected chi connectivity index (χ1v) is 7.40. The molecule has 0 spiro atoms. The molecule has 1 saturated heterocycles. The molecule has 6 nitrogen and oxygen atoms in total. The van der Waals surface area contributed by atoms with Crippen molar-refractivity contribution in [2.45, 2.75) is 38.6 Å². The Labute approximate surface area is 124 Å². The first-order chi connectivity index (χ1) is 10.0. The van der Waals surface area contributed by atoms with Gasteiger partial charge in [0.15, 0.2) is 0 Å². The smallest absolute Gasteiger partial charge is 0.317 e. The Morgan fingerprint density at radius 1 is 1.57 bits per heavy atom. The van der Waals surface area contributed by atoms with Gasteiger partial charge in [0, 0.05) is 32.0 Å². The van der Waals surface area contributed by atoms with Crippen molar-refractivity contribution in [1.82, 2.24) is 10.2 Å². The number of likely N-dealkylation sites (tertiary alicyclic amines) is 1. The number of nitrogens with one attached hydrogen (secondary N) is 1. The lowest BCUT2D eigenvalue weighted by Gasteiger charge is -2.33. The van der Waals surface area contributed by atoms with Crippen LogP contribution in [-0.2, 0) is 11.2 Å². The molecule has 2 atom stereocenters. The first kappa shape index (κ1) is 15.4. The number of piperidine rings is 1. The molecule has 21 heavy (non-hydrogen) atoms. The number of rotatable bonds is 5. The fraction of sp³-hybridized carbons (Fsp3) is 0.600. The van der Waals surface area contributed by atoms with Gasteiger partial charge in [0.25, 0.3) is 0 Å². The molecule has 1 aromatic heterocycles. The van der Waals surface area contributed by atoms with E-state index >= 15 is 0 Å². The van der Waals surface area contributed by atoms with E-state index < -0.39 is 0 Å². The minimum atomic E-state index is -0.298. The fourth-order valence-electron chi connectivity index (χ4n) is 2.78.